The van der Waals surface area contributed by atoms with E-state index in [1.54, 1.807) is 20.8 Å². The highest BCUT2D eigenvalue weighted by Gasteiger charge is 2.35. The van der Waals surface area contributed by atoms with E-state index in [-0.39, 0.29) is 30.3 Å². The summed E-state index contributed by atoms with van der Waals surface area (Å²) in [5.74, 6) is 1.34. The van der Waals surface area contributed by atoms with Gasteiger partial charge in [-0.05, 0) is 69.0 Å². The second-order valence-electron chi connectivity index (χ2n) is 9.68. The zero-order chi connectivity index (χ0) is 29.6. The average molecular weight is 597 g/mol. The van der Waals surface area contributed by atoms with Crippen LogP contribution in [0, 0.1) is 0 Å². The monoisotopic (exact) mass is 596 g/mol. The lowest BCUT2D eigenvalue weighted by molar-refractivity contribution is -0.137. The van der Waals surface area contributed by atoms with Gasteiger partial charge in [0.2, 0.25) is 0 Å². The van der Waals surface area contributed by atoms with Crippen LogP contribution in [0.15, 0.2) is 77.7 Å². The lowest BCUT2D eigenvalue weighted by Gasteiger charge is -2.31. The maximum atomic E-state index is 13.1. The first-order chi connectivity index (χ1) is 18.7. The van der Waals surface area contributed by atoms with Crippen LogP contribution in [0.5, 0.6) is 5.75 Å². The molecule has 216 valence electrons. The molecule has 40 heavy (non-hydrogen) atoms. The number of nitrogens with one attached hydrogen (secondary N) is 1. The molecule has 0 atom stereocenters. The Kier molecular flexibility index (Phi) is 10.0. The van der Waals surface area contributed by atoms with E-state index in [9.17, 15) is 26.4 Å². The van der Waals surface area contributed by atoms with Crippen LogP contribution in [0.2, 0.25) is 0 Å². The highest BCUT2D eigenvalue weighted by Crippen LogP contribution is 2.38. The summed E-state index contributed by atoms with van der Waals surface area (Å²) in [4.78, 5) is 11.5. The molecular weight excluding hydrogens is 565 g/mol. The van der Waals surface area contributed by atoms with E-state index in [0.29, 0.717) is 6.07 Å². The molecule has 0 radical (unpaired) electrons. The average Bonchev–Trinajstić information content (AvgIpc) is 2.88. The largest absolute Gasteiger partial charge is 0.489 e. The third kappa shape index (κ3) is 8.56. The topological polar surface area (TPSA) is 84.9 Å². The summed E-state index contributed by atoms with van der Waals surface area (Å²) >= 11 is 1.85. The van der Waals surface area contributed by atoms with E-state index in [0.717, 1.165) is 28.3 Å². The molecule has 3 aromatic rings. The Morgan fingerprint density at radius 3 is 2.35 bits per heavy atom. The van der Waals surface area contributed by atoms with Crippen LogP contribution < -0.4 is 14.4 Å². The Morgan fingerprint density at radius 1 is 1.02 bits per heavy atom. The summed E-state index contributed by atoms with van der Waals surface area (Å²) in [5.41, 5.74) is -0.0624. The zero-order valence-corrected chi connectivity index (χ0v) is 24.1. The molecule has 1 heterocycles. The summed E-state index contributed by atoms with van der Waals surface area (Å²) in [6, 6.07) is 18.4. The van der Waals surface area contributed by atoms with E-state index in [1.165, 1.54) is 23.8 Å². The van der Waals surface area contributed by atoms with Crippen molar-refractivity contribution in [3.8, 4) is 5.75 Å². The molecule has 12 heteroatoms. The van der Waals surface area contributed by atoms with Crippen molar-refractivity contribution in [2.24, 2.45) is 0 Å². The first-order valence-corrected chi connectivity index (χ1v) is 15.0. The summed E-state index contributed by atoms with van der Waals surface area (Å²) in [5, 5.41) is 2.50. The molecule has 0 saturated heterocycles. The summed E-state index contributed by atoms with van der Waals surface area (Å²) in [6.07, 6.45) is -3.30. The van der Waals surface area contributed by atoms with Crippen LogP contribution in [-0.2, 0) is 26.7 Å². The molecule has 1 aliphatic heterocycles. The normalized spacial score (nSPS) is 13.3. The van der Waals surface area contributed by atoms with Gasteiger partial charge in [0, 0.05) is 11.4 Å². The number of carbonyl (C=O) groups is 1. The van der Waals surface area contributed by atoms with Crippen LogP contribution in [0.4, 0.5) is 29.3 Å². The number of fused-ring (bicyclic) bond motifs is 1. The number of hydrogen-bond donors (Lipinski definition) is 1. The van der Waals surface area contributed by atoms with Crippen LogP contribution in [0.25, 0.3) is 0 Å². The van der Waals surface area contributed by atoms with Crippen LogP contribution >= 0.6 is 11.8 Å². The molecule has 0 unspecified atom stereocenters. The van der Waals surface area contributed by atoms with Gasteiger partial charge in [-0.2, -0.15) is 24.9 Å². The van der Waals surface area contributed by atoms with Crippen molar-refractivity contribution < 1.29 is 35.9 Å². The highest BCUT2D eigenvalue weighted by atomic mass is 32.2. The van der Waals surface area contributed by atoms with Crippen molar-refractivity contribution in [1.82, 2.24) is 0 Å². The summed E-state index contributed by atoms with van der Waals surface area (Å²) in [7, 11) is -4.32. The predicted molar refractivity (Wildman–Crippen MR) is 151 cm³/mol. The first-order valence-electron chi connectivity index (χ1n) is 12.2. The maximum absolute atomic E-state index is 13.1. The summed E-state index contributed by atoms with van der Waals surface area (Å²) < 4.78 is 77.0. The van der Waals surface area contributed by atoms with E-state index in [1.807, 2.05) is 17.8 Å². The molecule has 0 bridgehead atoms. The minimum absolute atomic E-state index is 0.0179. The maximum Gasteiger partial charge on any atom is 0.416 e. The SMILES string of the molecule is CC(C)(C)OC(=O)Nc1ccc2c(c1)N(S(=O)(=O)c1cccc(C(F)(F)F)c1)CCO2.CSCc1ccccc1. The molecule has 0 spiro atoms. The quantitative estimate of drug-likeness (QED) is 0.336. The number of sulfonamides is 1. The molecule has 1 N–H and O–H groups in total. The third-order valence-electron chi connectivity index (χ3n) is 5.33. The van der Waals surface area contributed by atoms with Crippen LogP contribution in [0.3, 0.4) is 0 Å². The first kappa shape index (κ1) is 31.2. The van der Waals surface area contributed by atoms with Crippen molar-refractivity contribution in [3.63, 3.8) is 0 Å². The van der Waals surface area contributed by atoms with E-state index >= 15 is 0 Å². The van der Waals surface area contributed by atoms with Crippen molar-refractivity contribution in [2.75, 3.05) is 29.0 Å². The standard InChI is InChI=1S/C20H21F3N2O5S.C8H10S/c1-19(2,3)30-18(26)24-14-7-8-17-16(12-14)25(9-10-29-17)31(27,28)15-6-4-5-13(11-15)20(21,22)23;1-9-7-8-5-3-2-4-6-8/h4-8,11-12H,9-10H2,1-3H3,(H,24,26);2-6H,7H2,1H3. The van der Waals surface area contributed by atoms with Gasteiger partial charge in [-0.15, -0.1) is 0 Å². The number of ether oxygens (including phenoxy) is 2. The highest BCUT2D eigenvalue weighted by molar-refractivity contribution is 7.97. The molecule has 1 aliphatic rings. The zero-order valence-electron chi connectivity index (χ0n) is 22.5. The lowest BCUT2D eigenvalue weighted by Crippen LogP contribution is -2.38. The van der Waals surface area contributed by atoms with Crippen molar-refractivity contribution in [2.45, 2.75) is 43.2 Å². The molecule has 1 amide bonds. The molecule has 3 aromatic carbocycles. The number of nitrogens with zero attached hydrogens (tertiary/aromatic N) is 1. The van der Waals surface area contributed by atoms with Gasteiger partial charge in [0.15, 0.2) is 0 Å². The number of amides is 1. The minimum atomic E-state index is -4.68. The van der Waals surface area contributed by atoms with Gasteiger partial charge in [0.05, 0.1) is 22.7 Å². The molecule has 7 nitrogen and oxygen atoms in total. The summed E-state index contributed by atoms with van der Waals surface area (Å²) in [6.45, 7) is 4.98. The van der Waals surface area contributed by atoms with E-state index in [2.05, 4.69) is 35.8 Å². The minimum Gasteiger partial charge on any atom is -0.489 e. The third-order valence-corrected chi connectivity index (χ3v) is 7.76. The predicted octanol–water partition coefficient (Wildman–Crippen LogP) is 7.19. The van der Waals surface area contributed by atoms with Gasteiger partial charge in [-0.25, -0.2) is 13.2 Å². The van der Waals surface area contributed by atoms with Gasteiger partial charge in [-0.1, -0.05) is 36.4 Å². The van der Waals surface area contributed by atoms with Gasteiger partial charge in [0.25, 0.3) is 10.0 Å². The van der Waals surface area contributed by atoms with Gasteiger partial charge in [0.1, 0.15) is 18.0 Å². The van der Waals surface area contributed by atoms with Gasteiger partial charge < -0.3 is 9.47 Å². The Labute approximate surface area is 236 Å². The Bertz CT molecular complexity index is 1410. The number of thioether (sulfide) groups is 1. The van der Waals surface area contributed by atoms with Crippen LogP contribution in [-0.4, -0.2) is 39.5 Å². The number of rotatable bonds is 5. The smallest absolute Gasteiger partial charge is 0.416 e. The fraction of sp³-hybridized carbons (Fsp3) is 0.321. The van der Waals surface area contributed by atoms with Gasteiger partial charge in [-0.3, -0.25) is 9.62 Å². The molecule has 4 rings (SSSR count). The fourth-order valence-corrected chi connectivity index (χ4v) is 5.67. The van der Waals surface area contributed by atoms with Crippen molar-refractivity contribution in [1.29, 1.82) is 0 Å². The second-order valence-corrected chi connectivity index (χ2v) is 12.4. The Morgan fingerprint density at radius 2 is 1.73 bits per heavy atom. The molecule has 0 fully saturated rings. The number of hydrogen-bond acceptors (Lipinski definition) is 6. The number of carbonyl (C=O) groups excluding carboxylic acids is 1. The number of halogens is 3. The number of anilines is 2. The van der Waals surface area contributed by atoms with E-state index < -0.39 is 38.4 Å². The van der Waals surface area contributed by atoms with Gasteiger partial charge >= 0.3 is 12.3 Å². The van der Waals surface area contributed by atoms with E-state index in [4.69, 9.17) is 9.47 Å². The molecule has 0 saturated carbocycles. The Balaban J connectivity index is 0.000000415. The molecular formula is C28H31F3N2O5S2. The Hall–Kier alpha value is -3.38. The number of benzene rings is 3. The van der Waals surface area contributed by atoms with Crippen LogP contribution in [0.1, 0.15) is 31.9 Å². The van der Waals surface area contributed by atoms with Crippen molar-refractivity contribution in [3.05, 3.63) is 83.9 Å². The molecule has 0 aromatic heterocycles. The lowest BCUT2D eigenvalue weighted by atomic mass is 10.2. The van der Waals surface area contributed by atoms with Crippen molar-refractivity contribution >= 4 is 39.3 Å². The fourth-order valence-electron chi connectivity index (χ4n) is 3.64. The second kappa shape index (κ2) is 12.9. The molecule has 0 aliphatic carbocycles. The number of alkyl halides is 3.